The van der Waals surface area contributed by atoms with Gasteiger partial charge in [0.15, 0.2) is 0 Å². The van der Waals surface area contributed by atoms with Crippen LogP contribution in [-0.4, -0.2) is 291 Å². The van der Waals surface area contributed by atoms with Gasteiger partial charge in [-0.05, 0) is 112 Å². The number of rotatable bonds is 16. The Morgan fingerprint density at radius 3 is 1.85 bits per heavy atom. The molecule has 4 aliphatic rings. The normalized spacial score (nSPS) is 24.0. The highest BCUT2D eigenvalue weighted by Gasteiger charge is 2.44. The van der Waals surface area contributed by atoms with E-state index >= 15 is 9.59 Å². The summed E-state index contributed by atoms with van der Waals surface area (Å²) in [6.45, 7) is 4.72. The molecule has 596 valence electrons. The number of benzene rings is 1. The Labute approximate surface area is 629 Å². The van der Waals surface area contributed by atoms with Crippen molar-refractivity contribution in [1.29, 1.82) is 0 Å². The summed E-state index contributed by atoms with van der Waals surface area (Å²) in [6.07, 6.45) is 5.61. The SMILES string of the molecule is CC[C@H](C)[C@@H]1NC(=O)[C@H](CC(C)C)N(C)C(=O)C[C@@H](C(=O)N2CCCCC2)N(C)C(=O)[C@H](C2CCCCC2)N(C)C(=O)CCCCNC(=O)CN(CCOCC(=O)N(C)C)C(=O)[C@H](CCc2ccc(C(F)(F)F)c(Cl)c2)NC(=O)CN(C)C(=O)[C@H](CC2CCCCC2)N(C)C(=O)CN(C)C(=O)CN(C)C1=O. The lowest BCUT2D eigenvalue weighted by Crippen LogP contribution is -2.60. The molecule has 106 heavy (non-hydrogen) atoms. The molecule has 2 saturated heterocycles. The number of halogens is 4. The van der Waals surface area contributed by atoms with E-state index in [-0.39, 0.29) is 88.0 Å². The van der Waals surface area contributed by atoms with Crippen LogP contribution < -0.4 is 16.0 Å². The maximum atomic E-state index is 15.4. The number of piperidine rings is 1. The van der Waals surface area contributed by atoms with E-state index < -0.39 is 175 Å². The predicted molar refractivity (Wildman–Crippen MR) is 392 cm³/mol. The summed E-state index contributed by atoms with van der Waals surface area (Å²) in [5.74, 6) is -9.11. The van der Waals surface area contributed by atoms with Crippen molar-refractivity contribution in [2.75, 3.05) is 129 Å². The molecule has 4 fully saturated rings. The van der Waals surface area contributed by atoms with Crippen molar-refractivity contribution in [3.05, 3.63) is 34.3 Å². The number of likely N-dealkylation sites (tertiary alicyclic amines) is 1. The summed E-state index contributed by atoms with van der Waals surface area (Å²) in [5, 5.41) is 7.77. The number of nitrogens with zero attached hydrogens (tertiary/aromatic N) is 10. The lowest BCUT2D eigenvalue weighted by atomic mass is 9.82. The quantitative estimate of drug-likeness (QED) is 0.179. The zero-order valence-corrected chi connectivity index (χ0v) is 65.6. The molecule has 2 heterocycles. The average molecular weight is 1520 g/mol. The van der Waals surface area contributed by atoms with E-state index in [0.29, 0.717) is 45.2 Å². The number of nitrogens with one attached hydrogen (secondary N) is 3. The van der Waals surface area contributed by atoms with Gasteiger partial charge in [-0.25, -0.2) is 0 Å². The van der Waals surface area contributed by atoms with Gasteiger partial charge in [-0.3, -0.25) is 62.3 Å². The van der Waals surface area contributed by atoms with Crippen molar-refractivity contribution in [3.63, 3.8) is 0 Å². The number of likely N-dealkylation sites (N-methyl/N-ethyl adjacent to an activating group) is 8. The fourth-order valence-corrected chi connectivity index (χ4v) is 14.6. The Balaban J connectivity index is 1.56. The number of aryl methyl sites for hydroxylation is 1. The zero-order chi connectivity index (χ0) is 78.9. The molecule has 0 radical (unpaired) electrons. The van der Waals surface area contributed by atoms with Gasteiger partial charge < -0.3 is 69.7 Å². The van der Waals surface area contributed by atoms with Gasteiger partial charge in [0.05, 0.1) is 49.8 Å². The van der Waals surface area contributed by atoms with Crippen LogP contribution in [0.25, 0.3) is 0 Å². The van der Waals surface area contributed by atoms with E-state index in [1.165, 1.54) is 86.9 Å². The minimum Gasteiger partial charge on any atom is -0.370 e. The van der Waals surface area contributed by atoms with E-state index in [1.54, 1.807) is 18.9 Å². The molecule has 0 spiro atoms. The molecule has 2 aliphatic heterocycles. The standard InChI is InChI=1S/C75H119ClF3N13O14/c1-14-50(4)67-73(104)86(9)46-64(97)84(7)47-65(98)88(11)58(42-51-26-18-15-19-27-51)71(102)85(8)44-61(94)81-56(34-32-52-31-33-54(55(76)41-52)75(77,78)79)70(101)92(38-39-106-48-66(99)83(5)6)45-60(93)80-35-23-22-30-62(95)90(13)68(53-28-20-16-21-29-53)74(105)89(12)59(72(103)91-36-24-17-25-37-91)43-63(96)87(10)57(40-49(2)3)69(100)82-67/h31,33,41,49-51,53,56-59,67-68H,14-30,32,34-40,42-48H2,1-13H3,(H,80,93)(H,81,94)(H,82,100)/t50-,56-,57-,58-,59-,67-,68-/m0/s1. The Bertz CT molecular complexity index is 3180. The van der Waals surface area contributed by atoms with E-state index in [4.69, 9.17) is 16.3 Å². The summed E-state index contributed by atoms with van der Waals surface area (Å²) in [7, 11) is 13.0. The van der Waals surface area contributed by atoms with Crippen LogP contribution in [0.4, 0.5) is 13.2 Å². The smallest absolute Gasteiger partial charge is 0.370 e. The van der Waals surface area contributed by atoms with Gasteiger partial charge >= 0.3 is 6.18 Å². The lowest BCUT2D eigenvalue weighted by Gasteiger charge is -2.41. The minimum absolute atomic E-state index is 0.00232. The summed E-state index contributed by atoms with van der Waals surface area (Å²) in [4.78, 5) is 201. The fraction of sp³-hybridized carbons (Fsp3) is 0.747. The van der Waals surface area contributed by atoms with Gasteiger partial charge in [0.25, 0.3) is 0 Å². The third-order valence-corrected chi connectivity index (χ3v) is 21.7. The molecule has 5 rings (SSSR count). The van der Waals surface area contributed by atoms with Gasteiger partial charge in [0.1, 0.15) is 42.9 Å². The molecule has 2 aliphatic carbocycles. The molecule has 1 aromatic carbocycles. The first-order chi connectivity index (χ1) is 50.0. The van der Waals surface area contributed by atoms with Crippen LogP contribution in [-0.2, 0) is 79.7 Å². The van der Waals surface area contributed by atoms with Gasteiger partial charge in [-0.1, -0.05) is 103 Å². The van der Waals surface area contributed by atoms with Crippen molar-refractivity contribution < 1.29 is 80.2 Å². The molecule has 27 nitrogen and oxygen atoms in total. The van der Waals surface area contributed by atoms with Crippen molar-refractivity contribution >= 4 is 88.4 Å². The van der Waals surface area contributed by atoms with Gasteiger partial charge in [-0.15, -0.1) is 0 Å². The molecule has 3 N–H and O–H groups in total. The van der Waals surface area contributed by atoms with Crippen LogP contribution in [0.5, 0.6) is 0 Å². The number of amides is 13. The number of hydrogen-bond acceptors (Lipinski definition) is 14. The second kappa shape index (κ2) is 42.8. The highest BCUT2D eigenvalue weighted by Crippen LogP contribution is 2.36. The molecule has 2 saturated carbocycles. The van der Waals surface area contributed by atoms with Crippen LogP contribution in [0.2, 0.25) is 5.02 Å². The Kier molecular flexibility index (Phi) is 35.9. The van der Waals surface area contributed by atoms with Crippen molar-refractivity contribution in [2.24, 2.45) is 23.7 Å². The zero-order valence-electron chi connectivity index (χ0n) is 64.8. The third-order valence-electron chi connectivity index (χ3n) is 21.4. The topological polar surface area (TPSA) is 300 Å². The molecule has 0 bridgehead atoms. The van der Waals surface area contributed by atoms with E-state index in [9.17, 15) is 65.9 Å². The van der Waals surface area contributed by atoms with Gasteiger partial charge in [-0.2, -0.15) is 13.2 Å². The summed E-state index contributed by atoms with van der Waals surface area (Å²) >= 11 is 6.13. The molecule has 1 aromatic rings. The molecule has 7 atom stereocenters. The van der Waals surface area contributed by atoms with Crippen LogP contribution >= 0.6 is 11.6 Å². The number of ether oxygens (including phenoxy) is 1. The number of carbonyl (C=O) groups is 13. The highest BCUT2D eigenvalue weighted by atomic mass is 35.5. The van der Waals surface area contributed by atoms with Crippen molar-refractivity contribution in [1.82, 2.24) is 64.9 Å². The van der Waals surface area contributed by atoms with Crippen LogP contribution in [0.1, 0.15) is 174 Å². The molecule has 31 heteroatoms. The monoisotopic (exact) mass is 1520 g/mol. The molecule has 0 unspecified atom stereocenters. The Morgan fingerprint density at radius 2 is 1.25 bits per heavy atom. The van der Waals surface area contributed by atoms with E-state index in [2.05, 4.69) is 16.0 Å². The fourth-order valence-electron chi connectivity index (χ4n) is 14.3. The number of alkyl halides is 3. The highest BCUT2D eigenvalue weighted by molar-refractivity contribution is 6.31. The largest absolute Gasteiger partial charge is 0.417 e. The maximum Gasteiger partial charge on any atom is 0.417 e. The predicted octanol–water partition coefficient (Wildman–Crippen LogP) is 5.22. The van der Waals surface area contributed by atoms with Crippen LogP contribution in [0.3, 0.4) is 0 Å². The first-order valence-electron chi connectivity index (χ1n) is 37.8. The Morgan fingerprint density at radius 1 is 0.642 bits per heavy atom. The number of carbonyl (C=O) groups excluding carboxylic acids is 13. The second-order valence-corrected chi connectivity index (χ2v) is 30.6. The second-order valence-electron chi connectivity index (χ2n) is 30.2. The van der Waals surface area contributed by atoms with Crippen molar-refractivity contribution in [3.8, 4) is 0 Å². The van der Waals surface area contributed by atoms with Gasteiger partial charge in [0, 0.05) is 96.0 Å². The van der Waals surface area contributed by atoms with Gasteiger partial charge in [0.2, 0.25) is 76.8 Å². The minimum atomic E-state index is -4.78. The first kappa shape index (κ1) is 89.0. The van der Waals surface area contributed by atoms with Crippen molar-refractivity contribution in [2.45, 2.75) is 211 Å². The summed E-state index contributed by atoms with van der Waals surface area (Å²) in [6, 6.07) is -4.40. The first-order valence-corrected chi connectivity index (χ1v) is 38.2. The summed E-state index contributed by atoms with van der Waals surface area (Å²) < 4.78 is 47.2. The number of hydrogen-bond donors (Lipinski definition) is 3. The lowest BCUT2D eigenvalue weighted by molar-refractivity contribution is -0.155. The third kappa shape index (κ3) is 26.6. The van der Waals surface area contributed by atoms with Crippen LogP contribution in [0.15, 0.2) is 18.2 Å². The molecular formula is C75H119ClF3N13O14. The molecule has 13 amide bonds. The average Bonchev–Trinajstić information content (AvgIpc) is 0.809. The summed E-state index contributed by atoms with van der Waals surface area (Å²) in [5.41, 5.74) is -0.840. The maximum absolute atomic E-state index is 15.4. The van der Waals surface area contributed by atoms with E-state index in [1.807, 2.05) is 20.8 Å². The molecule has 0 aromatic heterocycles. The van der Waals surface area contributed by atoms with E-state index in [0.717, 1.165) is 89.5 Å². The van der Waals surface area contributed by atoms with Crippen LogP contribution in [0, 0.1) is 23.7 Å². The molecular weight excluding hydrogens is 1400 g/mol. The Hall–Kier alpha value is -7.63.